The minimum atomic E-state index is -0.231. The molecule has 1 N–H and O–H groups in total. The smallest absolute Gasteiger partial charge is 0.270 e. The number of rotatable bonds is 5. The Morgan fingerprint density at radius 2 is 2.04 bits per heavy atom. The molecule has 0 bridgehead atoms. The summed E-state index contributed by atoms with van der Waals surface area (Å²) in [6.45, 7) is 5.02. The van der Waals surface area contributed by atoms with E-state index in [0.717, 1.165) is 30.2 Å². The first-order valence-corrected chi connectivity index (χ1v) is 8.26. The molecule has 0 saturated carbocycles. The molecular formula is C18H22N4O3. The van der Waals surface area contributed by atoms with E-state index >= 15 is 0 Å². The number of para-hydroxylation sites is 1. The van der Waals surface area contributed by atoms with Crippen LogP contribution in [0.5, 0.6) is 5.75 Å². The number of carbonyl (C=O) groups excluding carboxylic acids is 1. The van der Waals surface area contributed by atoms with Crippen molar-refractivity contribution < 1.29 is 14.3 Å². The SMILES string of the molecule is COc1ccccc1CNC(=O)c1cc(N2CCOCC2)nc(C)n1. The summed E-state index contributed by atoms with van der Waals surface area (Å²) in [6, 6.07) is 9.33. The van der Waals surface area contributed by atoms with Gasteiger partial charge in [0.25, 0.3) is 5.91 Å². The summed E-state index contributed by atoms with van der Waals surface area (Å²) >= 11 is 0. The zero-order chi connectivity index (χ0) is 17.6. The number of ether oxygens (including phenoxy) is 2. The van der Waals surface area contributed by atoms with Crippen LogP contribution in [0.25, 0.3) is 0 Å². The quantitative estimate of drug-likeness (QED) is 0.889. The number of nitrogens with zero attached hydrogens (tertiary/aromatic N) is 3. The van der Waals surface area contributed by atoms with E-state index in [9.17, 15) is 4.79 Å². The van der Waals surface area contributed by atoms with Gasteiger partial charge in [0.05, 0.1) is 20.3 Å². The van der Waals surface area contributed by atoms with Crippen LogP contribution in [0.2, 0.25) is 0 Å². The molecule has 0 atom stereocenters. The Bertz CT molecular complexity index is 745. The van der Waals surface area contributed by atoms with Gasteiger partial charge in [-0.2, -0.15) is 0 Å². The summed E-state index contributed by atoms with van der Waals surface area (Å²) in [5.41, 5.74) is 1.28. The number of amides is 1. The second kappa shape index (κ2) is 7.94. The molecule has 1 amide bonds. The minimum Gasteiger partial charge on any atom is -0.496 e. The predicted octanol–water partition coefficient (Wildman–Crippen LogP) is 1.56. The van der Waals surface area contributed by atoms with Gasteiger partial charge in [-0.05, 0) is 13.0 Å². The summed E-state index contributed by atoms with van der Waals surface area (Å²) in [5, 5.41) is 2.89. The highest BCUT2D eigenvalue weighted by atomic mass is 16.5. The Morgan fingerprint density at radius 1 is 1.28 bits per heavy atom. The molecule has 7 heteroatoms. The van der Waals surface area contributed by atoms with E-state index in [2.05, 4.69) is 20.2 Å². The van der Waals surface area contributed by atoms with Crippen LogP contribution in [0.4, 0.5) is 5.82 Å². The number of carbonyl (C=O) groups is 1. The third kappa shape index (κ3) is 4.24. The molecule has 2 heterocycles. The number of aryl methyl sites for hydroxylation is 1. The van der Waals surface area contributed by atoms with Crippen molar-refractivity contribution in [2.24, 2.45) is 0 Å². The standard InChI is InChI=1S/C18H22N4O3/c1-13-20-15(11-17(21-13)22-7-9-25-10-8-22)18(23)19-12-14-5-3-4-6-16(14)24-2/h3-6,11H,7-10,12H2,1-2H3,(H,19,23). The summed E-state index contributed by atoms with van der Waals surface area (Å²) in [6.07, 6.45) is 0. The van der Waals surface area contributed by atoms with Gasteiger partial charge in [0.1, 0.15) is 23.1 Å². The van der Waals surface area contributed by atoms with Crippen molar-refractivity contribution >= 4 is 11.7 Å². The molecule has 132 valence electrons. The van der Waals surface area contributed by atoms with E-state index in [1.54, 1.807) is 20.1 Å². The Kier molecular flexibility index (Phi) is 5.45. The van der Waals surface area contributed by atoms with Gasteiger partial charge >= 0.3 is 0 Å². The highest BCUT2D eigenvalue weighted by Gasteiger charge is 2.17. The van der Waals surface area contributed by atoms with Crippen molar-refractivity contribution in [3.8, 4) is 5.75 Å². The number of anilines is 1. The van der Waals surface area contributed by atoms with Gasteiger partial charge in [0.2, 0.25) is 0 Å². The molecule has 0 aliphatic carbocycles. The van der Waals surface area contributed by atoms with Gasteiger partial charge in [-0.1, -0.05) is 18.2 Å². The van der Waals surface area contributed by atoms with Crippen molar-refractivity contribution in [3.63, 3.8) is 0 Å². The number of aromatic nitrogens is 2. The number of methoxy groups -OCH3 is 1. The number of nitrogens with one attached hydrogen (secondary N) is 1. The van der Waals surface area contributed by atoms with Gasteiger partial charge in [-0.15, -0.1) is 0 Å². The molecular weight excluding hydrogens is 320 g/mol. The lowest BCUT2D eigenvalue weighted by atomic mass is 10.2. The lowest BCUT2D eigenvalue weighted by Gasteiger charge is -2.28. The van der Waals surface area contributed by atoms with E-state index in [-0.39, 0.29) is 5.91 Å². The van der Waals surface area contributed by atoms with Gasteiger partial charge in [-0.3, -0.25) is 4.79 Å². The minimum absolute atomic E-state index is 0.231. The van der Waals surface area contributed by atoms with E-state index < -0.39 is 0 Å². The molecule has 1 aliphatic heterocycles. The van der Waals surface area contributed by atoms with Crippen LogP contribution < -0.4 is 15.0 Å². The molecule has 0 spiro atoms. The molecule has 7 nitrogen and oxygen atoms in total. The Labute approximate surface area is 147 Å². The first-order valence-electron chi connectivity index (χ1n) is 8.26. The fourth-order valence-corrected chi connectivity index (χ4v) is 2.74. The second-order valence-corrected chi connectivity index (χ2v) is 5.75. The molecule has 3 rings (SSSR count). The van der Waals surface area contributed by atoms with Gasteiger partial charge < -0.3 is 19.7 Å². The van der Waals surface area contributed by atoms with Gasteiger partial charge in [0.15, 0.2) is 0 Å². The summed E-state index contributed by atoms with van der Waals surface area (Å²) in [5.74, 6) is 1.85. The predicted molar refractivity (Wildman–Crippen MR) is 94.0 cm³/mol. The summed E-state index contributed by atoms with van der Waals surface area (Å²) < 4.78 is 10.7. The van der Waals surface area contributed by atoms with Crippen LogP contribution in [0.15, 0.2) is 30.3 Å². The highest BCUT2D eigenvalue weighted by Crippen LogP contribution is 2.18. The summed E-state index contributed by atoms with van der Waals surface area (Å²) in [7, 11) is 1.61. The maximum Gasteiger partial charge on any atom is 0.270 e. The van der Waals surface area contributed by atoms with Gasteiger partial charge in [0, 0.05) is 31.3 Å². The molecule has 0 radical (unpaired) electrons. The molecule has 25 heavy (non-hydrogen) atoms. The average Bonchev–Trinajstić information content (AvgIpc) is 2.66. The first kappa shape index (κ1) is 17.2. The molecule has 1 saturated heterocycles. The first-order chi connectivity index (χ1) is 12.2. The largest absolute Gasteiger partial charge is 0.496 e. The van der Waals surface area contributed by atoms with Crippen LogP contribution in [-0.2, 0) is 11.3 Å². The molecule has 1 aromatic carbocycles. The van der Waals surface area contributed by atoms with E-state index in [0.29, 0.717) is 31.3 Å². The van der Waals surface area contributed by atoms with Crippen LogP contribution in [-0.4, -0.2) is 49.3 Å². The second-order valence-electron chi connectivity index (χ2n) is 5.75. The number of hydrogen-bond acceptors (Lipinski definition) is 6. The zero-order valence-electron chi connectivity index (χ0n) is 14.5. The van der Waals surface area contributed by atoms with E-state index in [1.165, 1.54) is 0 Å². The van der Waals surface area contributed by atoms with Crippen molar-refractivity contribution in [3.05, 3.63) is 47.4 Å². The van der Waals surface area contributed by atoms with Crippen molar-refractivity contribution in [2.45, 2.75) is 13.5 Å². The Hall–Kier alpha value is -2.67. The van der Waals surface area contributed by atoms with Crippen LogP contribution >= 0.6 is 0 Å². The Morgan fingerprint density at radius 3 is 2.80 bits per heavy atom. The van der Waals surface area contributed by atoms with E-state index in [1.807, 2.05) is 24.3 Å². The van der Waals surface area contributed by atoms with Crippen molar-refractivity contribution in [2.75, 3.05) is 38.3 Å². The number of hydrogen-bond donors (Lipinski definition) is 1. The molecule has 1 fully saturated rings. The highest BCUT2D eigenvalue weighted by molar-refractivity contribution is 5.93. The fraction of sp³-hybridized carbons (Fsp3) is 0.389. The lowest BCUT2D eigenvalue weighted by molar-refractivity contribution is 0.0945. The van der Waals surface area contributed by atoms with Crippen molar-refractivity contribution in [1.82, 2.24) is 15.3 Å². The van der Waals surface area contributed by atoms with Crippen LogP contribution in [0.1, 0.15) is 21.9 Å². The lowest BCUT2D eigenvalue weighted by Crippen LogP contribution is -2.37. The van der Waals surface area contributed by atoms with Crippen molar-refractivity contribution in [1.29, 1.82) is 0 Å². The zero-order valence-corrected chi connectivity index (χ0v) is 14.5. The normalized spacial score (nSPS) is 14.2. The molecule has 1 aliphatic rings. The third-order valence-corrected chi connectivity index (χ3v) is 4.02. The molecule has 2 aromatic rings. The summed E-state index contributed by atoms with van der Waals surface area (Å²) in [4.78, 5) is 23.3. The van der Waals surface area contributed by atoms with E-state index in [4.69, 9.17) is 9.47 Å². The van der Waals surface area contributed by atoms with Crippen LogP contribution in [0.3, 0.4) is 0 Å². The monoisotopic (exact) mass is 342 g/mol. The number of benzene rings is 1. The Balaban J connectivity index is 1.72. The molecule has 0 unspecified atom stereocenters. The van der Waals surface area contributed by atoms with Crippen LogP contribution in [0, 0.1) is 6.92 Å². The fourth-order valence-electron chi connectivity index (χ4n) is 2.74. The maximum atomic E-state index is 12.5. The third-order valence-electron chi connectivity index (χ3n) is 4.02. The topological polar surface area (TPSA) is 76.6 Å². The average molecular weight is 342 g/mol. The number of morpholine rings is 1. The maximum absolute atomic E-state index is 12.5. The van der Waals surface area contributed by atoms with Gasteiger partial charge in [-0.25, -0.2) is 9.97 Å². The molecule has 1 aromatic heterocycles.